The predicted molar refractivity (Wildman–Crippen MR) is 224 cm³/mol. The average Bonchev–Trinajstić information content (AvgIpc) is 4.00. The normalized spacial score (nSPS) is 13.1. The molecule has 0 bridgehead atoms. The lowest BCUT2D eigenvalue weighted by Gasteiger charge is -2.19. The highest BCUT2D eigenvalue weighted by Gasteiger charge is 2.24. The highest BCUT2D eigenvalue weighted by atomic mass is 32.1. The van der Waals surface area contributed by atoms with Gasteiger partial charge in [-0.15, -0.1) is 11.3 Å². The Labute approximate surface area is 345 Å². The van der Waals surface area contributed by atoms with Crippen LogP contribution >= 0.6 is 11.3 Å². The van der Waals surface area contributed by atoms with Crippen LogP contribution in [0.4, 0.5) is 0 Å². The third-order valence-electron chi connectivity index (χ3n) is 9.69. The fourth-order valence-electron chi connectivity index (χ4n) is 6.85. The lowest BCUT2D eigenvalue weighted by atomic mass is 9.85. The second kappa shape index (κ2) is 18.6. The van der Waals surface area contributed by atoms with E-state index in [2.05, 4.69) is 24.3 Å². The Hall–Kier alpha value is -7.60. The van der Waals surface area contributed by atoms with E-state index in [-0.39, 0.29) is 42.3 Å². The highest BCUT2D eigenvalue weighted by molar-refractivity contribution is 7.11. The lowest BCUT2D eigenvalue weighted by molar-refractivity contribution is -0.138. The first-order valence-electron chi connectivity index (χ1n) is 18.9. The molecular weight excluding hydrogens is 761 g/mol. The van der Waals surface area contributed by atoms with Crippen LogP contribution in [0.1, 0.15) is 45.5 Å². The number of nitriles is 2. The molecule has 7 rings (SSSR count). The minimum Gasteiger partial charge on any atom is -0.494 e. The zero-order chi connectivity index (χ0) is 41.1. The summed E-state index contributed by atoms with van der Waals surface area (Å²) in [6.45, 7) is 1.15. The molecule has 59 heavy (non-hydrogen) atoms. The molecule has 0 saturated carbocycles. The number of carbonyl (C=O) groups excluding carboxylic acids is 4. The third kappa shape index (κ3) is 9.18. The first-order chi connectivity index (χ1) is 28.8. The number of carbonyl (C=O) groups is 4. The van der Waals surface area contributed by atoms with Crippen LogP contribution in [-0.2, 0) is 19.2 Å². The van der Waals surface area contributed by atoms with Crippen LogP contribution in [0.25, 0.3) is 16.7 Å². The molecule has 0 N–H and O–H groups in total. The molecule has 0 aliphatic carbocycles. The van der Waals surface area contributed by atoms with E-state index in [1.54, 1.807) is 0 Å². The molecule has 3 heterocycles. The highest BCUT2D eigenvalue weighted by Crippen LogP contribution is 2.39. The van der Waals surface area contributed by atoms with Gasteiger partial charge in [-0.05, 0) is 87.5 Å². The van der Waals surface area contributed by atoms with Gasteiger partial charge >= 0.3 is 0 Å². The molecule has 0 radical (unpaired) electrons. The molecule has 10 nitrogen and oxygen atoms in total. The standard InChI is InChI=1S/C48H36N4O6S/c49-31-38(32-50)46(41-9-4-30-59-41)34-10-12-35(13-11-34)47(33-7-2-1-3-8-33)48(36-14-18-39(19-15-36)57-28-5-26-51-42(53)22-23-43(51)54)37-16-20-40(21-17-37)58-29-6-27-52-44(55)24-25-45(52)56/h1-4,7-25,30H,5-6,26-29H2. The number of nitrogens with zero attached hydrogens (tertiary/aromatic N) is 4. The van der Waals surface area contributed by atoms with E-state index >= 15 is 0 Å². The van der Waals surface area contributed by atoms with Gasteiger partial charge < -0.3 is 9.47 Å². The van der Waals surface area contributed by atoms with Crippen LogP contribution in [0, 0.1) is 22.7 Å². The number of thiophene rings is 1. The van der Waals surface area contributed by atoms with Crippen LogP contribution in [0.2, 0.25) is 0 Å². The second-order valence-electron chi connectivity index (χ2n) is 13.4. The summed E-state index contributed by atoms with van der Waals surface area (Å²) in [7, 11) is 0. The van der Waals surface area contributed by atoms with Gasteiger partial charge in [0, 0.05) is 47.8 Å². The SMILES string of the molecule is N#CC(C#N)=C(c1ccc(C(=C(c2ccc(OCCCN3C(=O)C=CC3=O)cc2)c2ccc(OCCCN3C(=O)C=CC3=O)cc2)c2ccccc2)cc1)c1cccs1. The van der Waals surface area contributed by atoms with E-state index < -0.39 is 0 Å². The molecule has 4 aromatic carbocycles. The van der Waals surface area contributed by atoms with Crippen molar-refractivity contribution in [3.05, 3.63) is 183 Å². The van der Waals surface area contributed by atoms with Crippen molar-refractivity contribution in [1.82, 2.24) is 9.80 Å². The largest absolute Gasteiger partial charge is 0.494 e. The maximum atomic E-state index is 11.9. The van der Waals surface area contributed by atoms with Crippen LogP contribution < -0.4 is 9.47 Å². The molecule has 11 heteroatoms. The summed E-state index contributed by atoms with van der Waals surface area (Å²) in [6.07, 6.45) is 6.04. The Kier molecular flexibility index (Phi) is 12.5. The minimum atomic E-state index is -0.318. The minimum absolute atomic E-state index is 0.0365. The zero-order valence-corrected chi connectivity index (χ0v) is 32.6. The van der Waals surface area contributed by atoms with Crippen molar-refractivity contribution in [2.75, 3.05) is 26.3 Å². The summed E-state index contributed by atoms with van der Waals surface area (Å²) in [5.74, 6) is -0.0110. The molecular formula is C48H36N4O6S. The monoisotopic (exact) mass is 796 g/mol. The average molecular weight is 797 g/mol. The number of rotatable bonds is 16. The summed E-state index contributed by atoms with van der Waals surface area (Å²) in [6, 6.07) is 41.4. The Bertz CT molecular complexity index is 2430. The van der Waals surface area contributed by atoms with E-state index in [1.165, 1.54) is 45.4 Å². The molecule has 0 unspecified atom stereocenters. The smallest absolute Gasteiger partial charge is 0.253 e. The molecule has 0 spiro atoms. The van der Waals surface area contributed by atoms with Gasteiger partial charge in [0.1, 0.15) is 29.2 Å². The fraction of sp³-hybridized carbons (Fsp3) is 0.125. The van der Waals surface area contributed by atoms with Crippen molar-refractivity contribution in [3.63, 3.8) is 0 Å². The van der Waals surface area contributed by atoms with Crippen molar-refractivity contribution in [3.8, 4) is 23.6 Å². The van der Waals surface area contributed by atoms with Gasteiger partial charge in [0.25, 0.3) is 23.6 Å². The third-order valence-corrected chi connectivity index (χ3v) is 10.6. The lowest BCUT2D eigenvalue weighted by Crippen LogP contribution is -2.31. The maximum absolute atomic E-state index is 11.9. The summed E-state index contributed by atoms with van der Waals surface area (Å²) >= 11 is 1.46. The van der Waals surface area contributed by atoms with Gasteiger partial charge in [0.05, 0.1) is 13.2 Å². The first kappa shape index (κ1) is 39.6. The zero-order valence-electron chi connectivity index (χ0n) is 31.7. The Morgan fingerprint density at radius 3 is 1.27 bits per heavy atom. The summed E-state index contributed by atoms with van der Waals surface area (Å²) < 4.78 is 12.0. The number of hydrogen-bond acceptors (Lipinski definition) is 9. The number of imide groups is 2. The molecule has 0 saturated heterocycles. The Morgan fingerprint density at radius 2 is 0.881 bits per heavy atom. The summed E-state index contributed by atoms with van der Waals surface area (Å²) in [5, 5.41) is 21.6. The molecule has 2 aliphatic rings. The first-order valence-corrected chi connectivity index (χ1v) is 19.7. The molecule has 290 valence electrons. The fourth-order valence-corrected chi connectivity index (χ4v) is 7.65. The molecule has 1 aromatic heterocycles. The van der Waals surface area contributed by atoms with Crippen molar-refractivity contribution in [1.29, 1.82) is 10.5 Å². The van der Waals surface area contributed by atoms with Crippen LogP contribution in [0.5, 0.6) is 11.5 Å². The van der Waals surface area contributed by atoms with E-state index in [4.69, 9.17) is 9.47 Å². The quantitative estimate of drug-likeness (QED) is 0.0424. The van der Waals surface area contributed by atoms with Gasteiger partial charge in [-0.3, -0.25) is 29.0 Å². The van der Waals surface area contributed by atoms with Crippen molar-refractivity contribution < 1.29 is 28.7 Å². The number of hydrogen-bond donors (Lipinski definition) is 0. The van der Waals surface area contributed by atoms with E-state index in [0.717, 1.165) is 43.8 Å². The Morgan fingerprint density at radius 1 is 0.492 bits per heavy atom. The summed E-state index contributed by atoms with van der Waals surface area (Å²) in [5.41, 5.74) is 6.88. The Balaban J connectivity index is 1.22. The van der Waals surface area contributed by atoms with Crippen molar-refractivity contribution in [2.24, 2.45) is 0 Å². The number of amides is 4. The number of allylic oxidation sites excluding steroid dienone is 1. The molecule has 0 fully saturated rings. The van der Waals surface area contributed by atoms with E-state index in [1.807, 2.05) is 109 Å². The molecule has 4 amide bonds. The van der Waals surface area contributed by atoms with Crippen LogP contribution in [-0.4, -0.2) is 59.7 Å². The number of ether oxygens (including phenoxy) is 2. The van der Waals surface area contributed by atoms with Gasteiger partial charge in [0.2, 0.25) is 0 Å². The topological polar surface area (TPSA) is 141 Å². The van der Waals surface area contributed by atoms with E-state index in [9.17, 15) is 29.7 Å². The van der Waals surface area contributed by atoms with Gasteiger partial charge in [0.15, 0.2) is 0 Å². The molecule has 2 aliphatic heterocycles. The van der Waals surface area contributed by atoms with Crippen molar-refractivity contribution >= 4 is 51.7 Å². The van der Waals surface area contributed by atoms with E-state index in [0.29, 0.717) is 43.1 Å². The molecule has 5 aromatic rings. The second-order valence-corrected chi connectivity index (χ2v) is 14.4. The van der Waals surface area contributed by atoms with Gasteiger partial charge in [-0.2, -0.15) is 10.5 Å². The summed E-state index contributed by atoms with van der Waals surface area (Å²) in [4.78, 5) is 50.9. The maximum Gasteiger partial charge on any atom is 0.253 e. The van der Waals surface area contributed by atoms with Gasteiger partial charge in [-0.1, -0.05) is 84.9 Å². The predicted octanol–water partition coefficient (Wildman–Crippen LogP) is 7.99. The van der Waals surface area contributed by atoms with Crippen LogP contribution in [0.3, 0.4) is 0 Å². The molecule has 0 atom stereocenters. The van der Waals surface area contributed by atoms with Crippen molar-refractivity contribution in [2.45, 2.75) is 12.8 Å². The van der Waals surface area contributed by atoms with Crippen LogP contribution in [0.15, 0.2) is 151 Å². The van der Waals surface area contributed by atoms with Gasteiger partial charge in [-0.25, -0.2) is 0 Å². The number of benzene rings is 4.